The Morgan fingerprint density at radius 1 is 1.33 bits per heavy atom. The molecular formula is C11H20O. The average Bonchev–Trinajstić information content (AvgIpc) is 2.61. The predicted octanol–water partition coefficient (Wildman–Crippen LogP) is 3.18. The minimum Gasteiger partial charge on any atom is -0.300 e. The van der Waals surface area contributed by atoms with Gasteiger partial charge in [-0.15, -0.1) is 0 Å². The van der Waals surface area contributed by atoms with E-state index >= 15 is 0 Å². The molecule has 0 unspecified atom stereocenters. The lowest BCUT2D eigenvalue weighted by atomic mass is 9.88. The van der Waals surface area contributed by atoms with Crippen molar-refractivity contribution in [1.82, 2.24) is 0 Å². The number of ketones is 1. The van der Waals surface area contributed by atoms with Gasteiger partial charge in [0.15, 0.2) is 0 Å². The lowest BCUT2D eigenvalue weighted by Gasteiger charge is -2.16. The van der Waals surface area contributed by atoms with E-state index in [9.17, 15) is 4.79 Å². The first-order valence-corrected chi connectivity index (χ1v) is 4.99. The summed E-state index contributed by atoms with van der Waals surface area (Å²) in [5.74, 6) is 1.35. The van der Waals surface area contributed by atoms with Gasteiger partial charge in [-0.3, -0.25) is 4.79 Å². The number of carbonyl (C=O) groups is 1. The third kappa shape index (κ3) is 4.53. The van der Waals surface area contributed by atoms with Crippen LogP contribution in [0.3, 0.4) is 0 Å². The first kappa shape index (κ1) is 9.76. The van der Waals surface area contributed by atoms with Crippen LogP contribution >= 0.6 is 0 Å². The van der Waals surface area contributed by atoms with Crippen LogP contribution < -0.4 is 0 Å². The summed E-state index contributed by atoms with van der Waals surface area (Å²) in [7, 11) is 0. The van der Waals surface area contributed by atoms with E-state index < -0.39 is 0 Å². The zero-order valence-electron chi connectivity index (χ0n) is 8.52. The molecule has 1 heteroatoms. The van der Waals surface area contributed by atoms with Gasteiger partial charge in [-0.2, -0.15) is 0 Å². The molecule has 0 N–H and O–H groups in total. The maximum atomic E-state index is 11.4. The number of hydrogen-bond donors (Lipinski definition) is 0. The molecule has 70 valence electrons. The first-order chi connectivity index (χ1) is 5.47. The van der Waals surface area contributed by atoms with Crippen LogP contribution in [0.25, 0.3) is 0 Å². The molecule has 0 amide bonds. The van der Waals surface area contributed by atoms with Crippen molar-refractivity contribution in [2.75, 3.05) is 0 Å². The molecule has 1 nitrogen and oxygen atoms in total. The fourth-order valence-electron chi connectivity index (χ4n) is 1.45. The van der Waals surface area contributed by atoms with E-state index in [0.29, 0.717) is 5.78 Å². The molecule has 0 aromatic rings. The van der Waals surface area contributed by atoms with Crippen LogP contribution in [0.5, 0.6) is 0 Å². The molecule has 0 atom stereocenters. The molecule has 1 aliphatic rings. The third-order valence-electron chi connectivity index (χ3n) is 2.26. The van der Waals surface area contributed by atoms with E-state index in [4.69, 9.17) is 0 Å². The summed E-state index contributed by atoms with van der Waals surface area (Å²) < 4.78 is 0. The van der Waals surface area contributed by atoms with Crippen LogP contribution in [0.2, 0.25) is 0 Å². The number of rotatable bonds is 4. The van der Waals surface area contributed by atoms with Crippen molar-refractivity contribution < 1.29 is 4.79 Å². The zero-order valence-corrected chi connectivity index (χ0v) is 8.52. The number of hydrogen-bond acceptors (Lipinski definition) is 1. The third-order valence-corrected chi connectivity index (χ3v) is 2.26. The summed E-state index contributed by atoms with van der Waals surface area (Å²) in [6.07, 6.45) is 5.45. The van der Waals surface area contributed by atoms with Crippen LogP contribution in [-0.2, 0) is 4.79 Å². The number of Topliss-reactive ketones (excluding diaryl/α,β-unsaturated/α-hetero) is 1. The molecule has 1 rings (SSSR count). The zero-order chi connectivity index (χ0) is 9.19. The number of carbonyl (C=O) groups excluding carboxylic acids is 1. The van der Waals surface area contributed by atoms with Crippen LogP contribution in [-0.4, -0.2) is 5.78 Å². The second-order valence-electron chi connectivity index (χ2n) is 5.26. The van der Waals surface area contributed by atoms with Crippen LogP contribution in [0.15, 0.2) is 0 Å². The van der Waals surface area contributed by atoms with Crippen molar-refractivity contribution in [2.24, 2.45) is 11.3 Å². The molecule has 0 saturated heterocycles. The van der Waals surface area contributed by atoms with Crippen molar-refractivity contribution in [3.8, 4) is 0 Å². The minimum absolute atomic E-state index is 0.181. The Hall–Kier alpha value is -0.330. The first-order valence-electron chi connectivity index (χ1n) is 4.99. The SMILES string of the molecule is CC(C)(C)CC(=O)CCC1CC1. The Balaban J connectivity index is 2.10. The summed E-state index contributed by atoms with van der Waals surface area (Å²) in [5.41, 5.74) is 0.181. The van der Waals surface area contributed by atoms with Crippen molar-refractivity contribution >= 4 is 5.78 Å². The highest BCUT2D eigenvalue weighted by Crippen LogP contribution is 2.34. The summed E-state index contributed by atoms with van der Waals surface area (Å²) in [5, 5.41) is 0. The molecule has 0 bridgehead atoms. The monoisotopic (exact) mass is 168 g/mol. The summed E-state index contributed by atoms with van der Waals surface area (Å²) in [4.78, 5) is 11.4. The van der Waals surface area contributed by atoms with Crippen LogP contribution in [0, 0.1) is 11.3 Å². The molecule has 0 aromatic heterocycles. The second-order valence-corrected chi connectivity index (χ2v) is 5.26. The smallest absolute Gasteiger partial charge is 0.133 e. The summed E-state index contributed by atoms with van der Waals surface area (Å²) >= 11 is 0. The van der Waals surface area contributed by atoms with E-state index in [1.807, 2.05) is 0 Å². The van der Waals surface area contributed by atoms with E-state index in [2.05, 4.69) is 20.8 Å². The van der Waals surface area contributed by atoms with Gasteiger partial charge in [-0.1, -0.05) is 33.6 Å². The van der Waals surface area contributed by atoms with Crippen molar-refractivity contribution in [3.63, 3.8) is 0 Å². The standard InChI is InChI=1S/C11H20O/c1-11(2,3)8-10(12)7-6-9-4-5-9/h9H,4-8H2,1-3H3. The fourth-order valence-corrected chi connectivity index (χ4v) is 1.45. The van der Waals surface area contributed by atoms with Gasteiger partial charge < -0.3 is 0 Å². The normalized spacial score (nSPS) is 17.9. The van der Waals surface area contributed by atoms with Gasteiger partial charge in [0.25, 0.3) is 0 Å². The minimum atomic E-state index is 0.181. The highest BCUT2D eigenvalue weighted by atomic mass is 16.1. The molecule has 0 aliphatic heterocycles. The Kier molecular flexibility index (Phi) is 2.92. The van der Waals surface area contributed by atoms with Gasteiger partial charge in [0.2, 0.25) is 0 Å². The molecule has 0 heterocycles. The van der Waals surface area contributed by atoms with Gasteiger partial charge in [0.05, 0.1) is 0 Å². The van der Waals surface area contributed by atoms with Gasteiger partial charge in [0, 0.05) is 12.8 Å². The Morgan fingerprint density at radius 2 is 1.92 bits per heavy atom. The maximum Gasteiger partial charge on any atom is 0.133 e. The van der Waals surface area contributed by atoms with Crippen molar-refractivity contribution in [1.29, 1.82) is 0 Å². The second kappa shape index (κ2) is 3.59. The Bertz CT molecular complexity index is 160. The average molecular weight is 168 g/mol. The quantitative estimate of drug-likeness (QED) is 0.630. The highest BCUT2D eigenvalue weighted by molar-refractivity contribution is 5.78. The lowest BCUT2D eigenvalue weighted by Crippen LogP contribution is -2.12. The maximum absolute atomic E-state index is 11.4. The molecule has 1 aliphatic carbocycles. The molecule has 12 heavy (non-hydrogen) atoms. The van der Waals surface area contributed by atoms with E-state index in [0.717, 1.165) is 25.2 Å². The Labute approximate surface area is 75.5 Å². The van der Waals surface area contributed by atoms with E-state index in [-0.39, 0.29) is 5.41 Å². The molecule has 0 aromatic carbocycles. The lowest BCUT2D eigenvalue weighted by molar-refractivity contribution is -0.120. The van der Waals surface area contributed by atoms with E-state index in [1.54, 1.807) is 0 Å². The summed E-state index contributed by atoms with van der Waals surface area (Å²) in [6, 6.07) is 0. The van der Waals surface area contributed by atoms with Gasteiger partial charge in [-0.05, 0) is 17.8 Å². The predicted molar refractivity (Wildman–Crippen MR) is 51.0 cm³/mol. The van der Waals surface area contributed by atoms with Crippen LogP contribution in [0.1, 0.15) is 52.9 Å². The van der Waals surface area contributed by atoms with Gasteiger partial charge >= 0.3 is 0 Å². The molecule has 0 spiro atoms. The molecule has 1 fully saturated rings. The largest absolute Gasteiger partial charge is 0.300 e. The fraction of sp³-hybridized carbons (Fsp3) is 0.909. The Morgan fingerprint density at radius 3 is 2.33 bits per heavy atom. The van der Waals surface area contributed by atoms with Gasteiger partial charge in [-0.25, -0.2) is 0 Å². The molecule has 1 saturated carbocycles. The highest BCUT2D eigenvalue weighted by Gasteiger charge is 2.23. The summed E-state index contributed by atoms with van der Waals surface area (Å²) in [6.45, 7) is 6.38. The topological polar surface area (TPSA) is 17.1 Å². The van der Waals surface area contributed by atoms with Crippen LogP contribution in [0.4, 0.5) is 0 Å². The van der Waals surface area contributed by atoms with Crippen molar-refractivity contribution in [2.45, 2.75) is 52.9 Å². The van der Waals surface area contributed by atoms with Gasteiger partial charge in [0.1, 0.15) is 5.78 Å². The molecular weight excluding hydrogens is 148 g/mol. The van der Waals surface area contributed by atoms with E-state index in [1.165, 1.54) is 12.8 Å². The van der Waals surface area contributed by atoms with Crippen molar-refractivity contribution in [3.05, 3.63) is 0 Å². The molecule has 0 radical (unpaired) electrons.